The Labute approximate surface area is 104 Å². The van der Waals surface area contributed by atoms with Crippen molar-refractivity contribution in [3.05, 3.63) is 22.9 Å². The summed E-state index contributed by atoms with van der Waals surface area (Å²) in [6.07, 6.45) is 5.97. The number of amides is 1. The molecule has 1 amide bonds. The van der Waals surface area contributed by atoms with Crippen molar-refractivity contribution in [2.75, 3.05) is 5.32 Å². The first-order valence-corrected chi connectivity index (χ1v) is 6.10. The van der Waals surface area contributed by atoms with Crippen LogP contribution in [-0.4, -0.2) is 16.9 Å². The molecule has 0 aromatic carbocycles. The smallest absolute Gasteiger partial charge is 0.241 e. The second-order valence-corrected chi connectivity index (χ2v) is 4.45. The van der Waals surface area contributed by atoms with E-state index in [-0.39, 0.29) is 5.91 Å². The second-order valence-electron chi connectivity index (χ2n) is 3.59. The normalized spacial score (nSPS) is 12.2. The lowest BCUT2D eigenvalue weighted by atomic mass is 10.1. The Kier molecular flexibility index (Phi) is 5.42. The predicted molar refractivity (Wildman–Crippen MR) is 68.1 cm³/mol. The molecule has 0 unspecified atom stereocenters. The Balaban J connectivity index is 2.54. The predicted octanol–water partition coefficient (Wildman–Crippen LogP) is 2.30. The topological polar surface area (TPSA) is 68.0 Å². The van der Waals surface area contributed by atoms with Crippen molar-refractivity contribution in [2.24, 2.45) is 5.73 Å². The first-order chi connectivity index (χ1) is 7.65. The van der Waals surface area contributed by atoms with Crippen LogP contribution in [0.4, 0.5) is 5.69 Å². The highest BCUT2D eigenvalue weighted by atomic mass is 79.9. The summed E-state index contributed by atoms with van der Waals surface area (Å²) in [6, 6.07) is 1.29. The van der Waals surface area contributed by atoms with Crippen LogP contribution in [0, 0.1) is 0 Å². The average Bonchev–Trinajstić information content (AvgIpc) is 2.28. The Morgan fingerprint density at radius 1 is 1.69 bits per heavy atom. The van der Waals surface area contributed by atoms with E-state index in [1.54, 1.807) is 18.5 Å². The van der Waals surface area contributed by atoms with Gasteiger partial charge in [-0.2, -0.15) is 0 Å². The molecule has 1 aromatic heterocycles. The third-order valence-corrected chi connectivity index (χ3v) is 2.87. The average molecular weight is 286 g/mol. The molecule has 0 saturated heterocycles. The first-order valence-electron chi connectivity index (χ1n) is 5.31. The summed E-state index contributed by atoms with van der Waals surface area (Å²) in [5.74, 6) is -0.152. The van der Waals surface area contributed by atoms with Crippen LogP contribution in [0.2, 0.25) is 0 Å². The summed E-state index contributed by atoms with van der Waals surface area (Å²) in [6.45, 7) is 2.07. The molecule has 1 aromatic rings. The van der Waals surface area contributed by atoms with Crippen LogP contribution < -0.4 is 11.1 Å². The summed E-state index contributed by atoms with van der Waals surface area (Å²) in [4.78, 5) is 15.6. The zero-order valence-corrected chi connectivity index (χ0v) is 10.8. The van der Waals surface area contributed by atoms with Gasteiger partial charge in [-0.05, 0) is 28.4 Å². The lowest BCUT2D eigenvalue weighted by Crippen LogP contribution is -2.35. The van der Waals surface area contributed by atoms with Gasteiger partial charge in [0.15, 0.2) is 0 Å². The van der Waals surface area contributed by atoms with Crippen molar-refractivity contribution in [1.82, 2.24) is 4.98 Å². The van der Waals surface area contributed by atoms with Crippen molar-refractivity contribution >= 4 is 27.5 Å². The van der Waals surface area contributed by atoms with Gasteiger partial charge in [-0.1, -0.05) is 19.8 Å². The molecule has 0 fully saturated rings. The van der Waals surface area contributed by atoms with Gasteiger partial charge in [0.2, 0.25) is 5.91 Å². The van der Waals surface area contributed by atoms with Gasteiger partial charge in [-0.15, -0.1) is 0 Å². The van der Waals surface area contributed by atoms with E-state index in [2.05, 4.69) is 33.2 Å². The molecule has 1 heterocycles. The number of halogens is 1. The molecule has 1 rings (SSSR count). The molecule has 0 aliphatic rings. The summed E-state index contributed by atoms with van der Waals surface area (Å²) < 4.78 is 0.756. The minimum absolute atomic E-state index is 0.152. The van der Waals surface area contributed by atoms with Crippen LogP contribution in [0.15, 0.2) is 22.9 Å². The van der Waals surface area contributed by atoms with Crippen LogP contribution in [0.3, 0.4) is 0 Å². The highest BCUT2D eigenvalue weighted by Gasteiger charge is 2.13. The Morgan fingerprint density at radius 3 is 3.06 bits per heavy atom. The molecule has 0 saturated carbocycles. The fourth-order valence-electron chi connectivity index (χ4n) is 1.26. The fourth-order valence-corrected chi connectivity index (χ4v) is 1.61. The number of anilines is 1. The van der Waals surface area contributed by atoms with Crippen molar-refractivity contribution in [2.45, 2.75) is 32.2 Å². The van der Waals surface area contributed by atoms with E-state index < -0.39 is 6.04 Å². The van der Waals surface area contributed by atoms with Crippen LogP contribution in [-0.2, 0) is 4.79 Å². The number of hydrogen-bond donors (Lipinski definition) is 2. The van der Waals surface area contributed by atoms with E-state index in [4.69, 9.17) is 5.73 Å². The maximum Gasteiger partial charge on any atom is 0.241 e. The SMILES string of the molecule is CCCC[C@H](N)C(=O)Nc1ccncc1Br. The summed E-state index contributed by atoms with van der Waals surface area (Å²) in [5, 5.41) is 2.77. The molecule has 4 nitrogen and oxygen atoms in total. The van der Waals surface area contributed by atoms with E-state index in [9.17, 15) is 4.79 Å². The van der Waals surface area contributed by atoms with Crippen molar-refractivity contribution < 1.29 is 4.79 Å². The van der Waals surface area contributed by atoms with Gasteiger partial charge in [0.25, 0.3) is 0 Å². The molecule has 16 heavy (non-hydrogen) atoms. The molecule has 0 spiro atoms. The molecule has 0 radical (unpaired) electrons. The lowest BCUT2D eigenvalue weighted by molar-refractivity contribution is -0.117. The monoisotopic (exact) mass is 285 g/mol. The van der Waals surface area contributed by atoms with Gasteiger partial charge in [0, 0.05) is 12.4 Å². The Hall–Kier alpha value is -0.940. The second kappa shape index (κ2) is 6.60. The van der Waals surface area contributed by atoms with Gasteiger partial charge in [0.1, 0.15) is 0 Å². The lowest BCUT2D eigenvalue weighted by Gasteiger charge is -2.12. The van der Waals surface area contributed by atoms with Gasteiger partial charge >= 0.3 is 0 Å². The molecule has 0 aliphatic carbocycles. The summed E-state index contributed by atoms with van der Waals surface area (Å²) in [7, 11) is 0. The van der Waals surface area contributed by atoms with E-state index in [1.807, 2.05) is 0 Å². The molecular formula is C11H16BrN3O. The third kappa shape index (κ3) is 3.90. The number of nitrogens with one attached hydrogen (secondary N) is 1. The molecule has 0 aliphatic heterocycles. The largest absolute Gasteiger partial charge is 0.324 e. The van der Waals surface area contributed by atoms with Crippen molar-refractivity contribution in [3.63, 3.8) is 0 Å². The Morgan fingerprint density at radius 2 is 2.44 bits per heavy atom. The number of carbonyl (C=O) groups excluding carboxylic acids is 1. The highest BCUT2D eigenvalue weighted by Crippen LogP contribution is 2.20. The number of aromatic nitrogens is 1. The van der Waals surface area contributed by atoms with Crippen LogP contribution >= 0.6 is 15.9 Å². The Bertz CT molecular complexity index is 357. The van der Waals surface area contributed by atoms with Gasteiger partial charge in [0.05, 0.1) is 16.2 Å². The van der Waals surface area contributed by atoms with E-state index in [1.165, 1.54) is 0 Å². The number of nitrogens with two attached hydrogens (primary N) is 1. The van der Waals surface area contributed by atoms with Gasteiger partial charge < -0.3 is 11.1 Å². The van der Waals surface area contributed by atoms with E-state index >= 15 is 0 Å². The van der Waals surface area contributed by atoms with E-state index in [0.29, 0.717) is 12.1 Å². The highest BCUT2D eigenvalue weighted by molar-refractivity contribution is 9.10. The molecule has 1 atom stereocenters. The van der Waals surface area contributed by atoms with Gasteiger partial charge in [-0.3, -0.25) is 9.78 Å². The number of hydrogen-bond acceptors (Lipinski definition) is 3. The molecule has 0 bridgehead atoms. The molecule has 3 N–H and O–H groups in total. The standard InChI is InChI=1S/C11H16BrN3O/c1-2-3-4-9(13)11(16)15-10-5-6-14-7-8(10)12/h5-7,9H,2-4,13H2,1H3,(H,14,15,16)/t9-/m0/s1. The maximum atomic E-state index is 11.7. The van der Waals surface area contributed by atoms with Crippen molar-refractivity contribution in [1.29, 1.82) is 0 Å². The van der Waals surface area contributed by atoms with Crippen LogP contribution in [0.25, 0.3) is 0 Å². The van der Waals surface area contributed by atoms with Crippen molar-refractivity contribution in [3.8, 4) is 0 Å². The zero-order valence-electron chi connectivity index (χ0n) is 9.24. The first kappa shape index (κ1) is 13.1. The maximum absolute atomic E-state index is 11.7. The number of nitrogens with zero attached hydrogens (tertiary/aromatic N) is 1. The minimum atomic E-state index is -0.444. The quantitative estimate of drug-likeness (QED) is 0.872. The van der Waals surface area contributed by atoms with Crippen LogP contribution in [0.5, 0.6) is 0 Å². The third-order valence-electron chi connectivity index (χ3n) is 2.24. The number of rotatable bonds is 5. The fraction of sp³-hybridized carbons (Fsp3) is 0.455. The minimum Gasteiger partial charge on any atom is -0.324 e. The number of unbranched alkanes of at least 4 members (excludes halogenated alkanes) is 1. The molecule has 5 heteroatoms. The summed E-state index contributed by atoms with van der Waals surface area (Å²) >= 11 is 3.31. The number of carbonyl (C=O) groups is 1. The van der Waals surface area contributed by atoms with E-state index in [0.717, 1.165) is 17.3 Å². The van der Waals surface area contributed by atoms with Gasteiger partial charge in [-0.25, -0.2) is 0 Å². The molecule has 88 valence electrons. The zero-order chi connectivity index (χ0) is 12.0. The number of pyridine rings is 1. The van der Waals surface area contributed by atoms with Crippen LogP contribution in [0.1, 0.15) is 26.2 Å². The summed E-state index contributed by atoms with van der Waals surface area (Å²) in [5.41, 5.74) is 6.46. The molecular weight excluding hydrogens is 270 g/mol.